The summed E-state index contributed by atoms with van der Waals surface area (Å²) in [5, 5.41) is 12.4. The number of hydrogen-bond acceptors (Lipinski definition) is 6. The van der Waals surface area contributed by atoms with E-state index in [0.717, 1.165) is 10.8 Å². The highest BCUT2D eigenvalue weighted by atomic mass is 16.5. The zero-order valence-electron chi connectivity index (χ0n) is 28.0. The molecule has 3 aromatic rings. The summed E-state index contributed by atoms with van der Waals surface area (Å²) in [7, 11) is 0. The van der Waals surface area contributed by atoms with Gasteiger partial charge in [0.05, 0.1) is 36.7 Å². The summed E-state index contributed by atoms with van der Waals surface area (Å²) in [5.74, 6) is -1.96. The van der Waals surface area contributed by atoms with Crippen molar-refractivity contribution in [2.45, 2.75) is 63.3 Å². The van der Waals surface area contributed by atoms with Crippen molar-refractivity contribution in [1.29, 1.82) is 0 Å². The minimum atomic E-state index is -1.25. The summed E-state index contributed by atoms with van der Waals surface area (Å²) >= 11 is 0. The van der Waals surface area contributed by atoms with Crippen LogP contribution >= 0.6 is 0 Å². The summed E-state index contributed by atoms with van der Waals surface area (Å²) in [6, 6.07) is 19.3. The number of carbonyl (C=O) groups is 3. The van der Waals surface area contributed by atoms with Crippen LogP contribution in [0.5, 0.6) is 5.75 Å². The van der Waals surface area contributed by atoms with Gasteiger partial charge >= 0.3 is 0 Å². The molecule has 48 heavy (non-hydrogen) atoms. The van der Waals surface area contributed by atoms with Crippen LogP contribution in [0.3, 0.4) is 0 Å². The van der Waals surface area contributed by atoms with E-state index in [2.05, 4.69) is 13.2 Å². The van der Waals surface area contributed by atoms with Gasteiger partial charge < -0.3 is 29.3 Å². The maximum absolute atomic E-state index is 15.0. The van der Waals surface area contributed by atoms with Gasteiger partial charge in [0.2, 0.25) is 11.8 Å². The van der Waals surface area contributed by atoms with Crippen molar-refractivity contribution in [3.05, 3.63) is 92.0 Å². The number of likely N-dealkylation sites (tertiary alicyclic amines) is 1. The quantitative estimate of drug-likeness (QED) is 0.245. The van der Waals surface area contributed by atoms with E-state index in [1.165, 1.54) is 4.90 Å². The largest absolute Gasteiger partial charge is 0.494 e. The SMILES string of the molecule is C=CCN(C(=O)C1N([C@H](C)CO)C(=O)[C@@H]2[C@H](C(=O)N(CC=C)c3ccc(OCC)cc3)[C@]3(CC)CCC12O3)c1ccc2ccccc2c1. The Morgan fingerprint density at radius 1 is 0.979 bits per heavy atom. The first-order valence-corrected chi connectivity index (χ1v) is 16.9. The van der Waals surface area contributed by atoms with Crippen LogP contribution < -0.4 is 14.5 Å². The lowest BCUT2D eigenvalue weighted by Gasteiger charge is -2.38. The molecular formula is C39H45N3O6. The average molecular weight is 652 g/mol. The van der Waals surface area contributed by atoms with E-state index < -0.39 is 35.1 Å². The van der Waals surface area contributed by atoms with Crippen molar-refractivity contribution in [3.8, 4) is 5.75 Å². The minimum Gasteiger partial charge on any atom is -0.494 e. The Hall–Kier alpha value is -4.47. The summed E-state index contributed by atoms with van der Waals surface area (Å²) in [4.78, 5) is 49.3. The lowest BCUT2D eigenvalue weighted by atomic mass is 9.64. The lowest BCUT2D eigenvalue weighted by Crippen LogP contribution is -2.58. The smallest absolute Gasteiger partial charge is 0.253 e. The molecule has 6 rings (SSSR count). The zero-order chi connectivity index (χ0) is 34.2. The maximum atomic E-state index is 15.0. The van der Waals surface area contributed by atoms with Crippen LogP contribution in [-0.2, 0) is 19.1 Å². The van der Waals surface area contributed by atoms with Gasteiger partial charge in [0.15, 0.2) is 0 Å². The summed E-state index contributed by atoms with van der Waals surface area (Å²) in [5.41, 5.74) is -0.858. The number of benzene rings is 3. The van der Waals surface area contributed by atoms with E-state index in [1.54, 1.807) is 28.9 Å². The molecule has 1 N–H and O–H groups in total. The molecule has 9 heteroatoms. The first-order chi connectivity index (χ1) is 23.2. The van der Waals surface area contributed by atoms with Crippen LogP contribution in [0.2, 0.25) is 0 Å². The maximum Gasteiger partial charge on any atom is 0.253 e. The average Bonchev–Trinajstić information content (AvgIpc) is 3.72. The molecule has 3 aliphatic heterocycles. The van der Waals surface area contributed by atoms with Gasteiger partial charge in [-0.05, 0) is 80.3 Å². The van der Waals surface area contributed by atoms with E-state index in [0.29, 0.717) is 43.0 Å². The number of fused-ring (bicyclic) bond motifs is 2. The van der Waals surface area contributed by atoms with Crippen LogP contribution in [0.1, 0.15) is 40.0 Å². The molecule has 252 valence electrons. The second-order valence-electron chi connectivity index (χ2n) is 13.0. The molecule has 3 heterocycles. The Kier molecular flexibility index (Phi) is 9.20. The zero-order valence-corrected chi connectivity index (χ0v) is 28.0. The highest BCUT2D eigenvalue weighted by Crippen LogP contribution is 2.65. The Morgan fingerprint density at radius 2 is 1.62 bits per heavy atom. The Balaban J connectivity index is 1.44. The highest BCUT2D eigenvalue weighted by molar-refractivity contribution is 6.07. The Bertz CT molecular complexity index is 1720. The van der Waals surface area contributed by atoms with E-state index in [9.17, 15) is 19.5 Å². The molecule has 0 radical (unpaired) electrons. The van der Waals surface area contributed by atoms with Gasteiger partial charge in [0.25, 0.3) is 5.91 Å². The van der Waals surface area contributed by atoms with Gasteiger partial charge in [-0.3, -0.25) is 14.4 Å². The van der Waals surface area contributed by atoms with E-state index in [1.807, 2.05) is 80.6 Å². The number of hydrogen-bond donors (Lipinski definition) is 1. The van der Waals surface area contributed by atoms with Crippen molar-refractivity contribution in [2.75, 3.05) is 36.1 Å². The van der Waals surface area contributed by atoms with E-state index in [-0.39, 0.29) is 37.4 Å². The molecule has 0 aliphatic carbocycles. The van der Waals surface area contributed by atoms with Gasteiger partial charge in [-0.15, -0.1) is 13.2 Å². The van der Waals surface area contributed by atoms with E-state index >= 15 is 0 Å². The van der Waals surface area contributed by atoms with Crippen LogP contribution in [0.15, 0.2) is 92.0 Å². The normalized spacial score (nSPS) is 26.3. The second-order valence-corrected chi connectivity index (χ2v) is 13.0. The molecule has 3 saturated heterocycles. The van der Waals surface area contributed by atoms with Crippen LogP contribution in [0.4, 0.5) is 11.4 Å². The van der Waals surface area contributed by atoms with Gasteiger partial charge in [0, 0.05) is 24.5 Å². The third-order valence-electron chi connectivity index (χ3n) is 10.5. The molecule has 3 aliphatic rings. The number of amides is 3. The van der Waals surface area contributed by atoms with Crippen LogP contribution in [0.25, 0.3) is 10.8 Å². The highest BCUT2D eigenvalue weighted by Gasteiger charge is 2.79. The minimum absolute atomic E-state index is 0.204. The molecule has 3 amide bonds. The van der Waals surface area contributed by atoms with Gasteiger partial charge in [-0.2, -0.15) is 0 Å². The number of aliphatic hydroxyl groups is 1. The van der Waals surface area contributed by atoms with Gasteiger partial charge in [-0.25, -0.2) is 0 Å². The molecule has 1 spiro atoms. The molecule has 3 aromatic carbocycles. The molecule has 0 aromatic heterocycles. The molecule has 0 saturated carbocycles. The number of anilines is 2. The first kappa shape index (κ1) is 33.4. The van der Waals surface area contributed by atoms with E-state index in [4.69, 9.17) is 9.47 Å². The van der Waals surface area contributed by atoms with Crippen LogP contribution in [-0.4, -0.2) is 77.3 Å². The number of nitrogens with zero attached hydrogens (tertiary/aromatic N) is 3. The first-order valence-electron chi connectivity index (χ1n) is 16.9. The summed E-state index contributed by atoms with van der Waals surface area (Å²) in [6.45, 7) is 14.0. The Labute approximate surface area is 282 Å². The number of carbonyl (C=O) groups excluding carboxylic acids is 3. The van der Waals surface area contributed by atoms with Crippen molar-refractivity contribution in [3.63, 3.8) is 0 Å². The Morgan fingerprint density at radius 3 is 2.25 bits per heavy atom. The number of ether oxygens (including phenoxy) is 2. The van der Waals surface area contributed by atoms with Crippen molar-refractivity contribution >= 4 is 39.9 Å². The predicted molar refractivity (Wildman–Crippen MR) is 187 cm³/mol. The van der Waals surface area contributed by atoms with Crippen molar-refractivity contribution in [1.82, 2.24) is 4.90 Å². The molecular weight excluding hydrogens is 606 g/mol. The molecule has 2 unspecified atom stereocenters. The van der Waals surface area contributed by atoms with Gasteiger partial charge in [0.1, 0.15) is 17.4 Å². The number of aliphatic hydroxyl groups excluding tert-OH is 1. The fourth-order valence-electron chi connectivity index (χ4n) is 8.33. The third-order valence-corrected chi connectivity index (χ3v) is 10.5. The standard InChI is InChI=1S/C39H45N3O6/c1-6-22-40(29-16-18-31(19-17-29)47-9-4)35(44)32-33-36(45)42(26(5)25-43)34(39(33)21-20-38(32,8-3)48-39)37(46)41(23-7-2)30-15-14-27-12-10-11-13-28(27)24-30/h6-7,10-19,24,26,32-34,43H,1-2,8-9,20-23,25H2,3-5H3/t26-,32-,33+,34?,38+,39?/m1/s1. The van der Waals surface area contributed by atoms with Crippen LogP contribution in [0, 0.1) is 11.8 Å². The summed E-state index contributed by atoms with van der Waals surface area (Å²) < 4.78 is 12.6. The van der Waals surface area contributed by atoms with Gasteiger partial charge in [-0.1, -0.05) is 49.4 Å². The fourth-order valence-corrected chi connectivity index (χ4v) is 8.33. The second kappa shape index (κ2) is 13.2. The third kappa shape index (κ3) is 5.20. The predicted octanol–water partition coefficient (Wildman–Crippen LogP) is 5.51. The molecule has 3 fully saturated rings. The monoisotopic (exact) mass is 651 g/mol. The number of rotatable bonds is 13. The lowest BCUT2D eigenvalue weighted by molar-refractivity contribution is -0.149. The topological polar surface area (TPSA) is 99.6 Å². The molecule has 2 bridgehead atoms. The van der Waals surface area contributed by atoms with Crippen molar-refractivity contribution in [2.24, 2.45) is 11.8 Å². The van der Waals surface area contributed by atoms with Crippen molar-refractivity contribution < 1.29 is 29.0 Å². The summed E-state index contributed by atoms with van der Waals surface area (Å²) in [6.07, 6.45) is 4.79. The molecule has 9 nitrogen and oxygen atoms in total. The molecule has 6 atom stereocenters. The fraction of sp³-hybridized carbons (Fsp3) is 0.410.